The van der Waals surface area contributed by atoms with Gasteiger partial charge in [-0.05, 0) is 72.5 Å². The summed E-state index contributed by atoms with van der Waals surface area (Å²) in [6.45, 7) is 0. The highest BCUT2D eigenvalue weighted by Gasteiger charge is 2.50. The van der Waals surface area contributed by atoms with Crippen molar-refractivity contribution in [2.45, 2.75) is 5.41 Å². The van der Waals surface area contributed by atoms with Crippen molar-refractivity contribution in [3.05, 3.63) is 210 Å². The van der Waals surface area contributed by atoms with Crippen molar-refractivity contribution in [1.82, 2.24) is 15.0 Å². The van der Waals surface area contributed by atoms with Gasteiger partial charge in [-0.15, -0.1) is 0 Å². The fourth-order valence-corrected chi connectivity index (χ4v) is 8.94. The monoisotopic (exact) mass is 673 g/mol. The van der Waals surface area contributed by atoms with Gasteiger partial charge in [-0.3, -0.25) is 0 Å². The maximum absolute atomic E-state index is 5.14. The molecule has 0 saturated carbocycles. The van der Waals surface area contributed by atoms with Gasteiger partial charge in [0.1, 0.15) is 0 Å². The second kappa shape index (κ2) is 11.5. The van der Waals surface area contributed by atoms with Gasteiger partial charge in [0.05, 0.1) is 5.41 Å². The fraction of sp³-hybridized carbons (Fsp3) is 0.0200. The van der Waals surface area contributed by atoms with Gasteiger partial charge in [-0.1, -0.05) is 182 Å². The van der Waals surface area contributed by atoms with E-state index in [2.05, 4.69) is 152 Å². The third-order valence-corrected chi connectivity index (χ3v) is 11.2. The molecule has 1 aromatic heterocycles. The normalized spacial score (nSPS) is 14.9. The van der Waals surface area contributed by atoms with E-state index in [1.165, 1.54) is 66.4 Å². The first-order valence-corrected chi connectivity index (χ1v) is 18.1. The molecule has 0 N–H and O–H groups in total. The van der Waals surface area contributed by atoms with Crippen LogP contribution in [0, 0.1) is 0 Å². The molecule has 0 aliphatic heterocycles. The Labute approximate surface area is 308 Å². The molecule has 53 heavy (non-hydrogen) atoms. The lowest BCUT2D eigenvalue weighted by molar-refractivity contribution is 0.776. The molecular weight excluding hydrogens is 643 g/mol. The van der Waals surface area contributed by atoms with Crippen LogP contribution < -0.4 is 0 Å². The smallest absolute Gasteiger partial charge is 0.164 e. The minimum atomic E-state index is -0.567. The average Bonchev–Trinajstić information content (AvgIpc) is 3.49. The highest BCUT2D eigenvalue weighted by molar-refractivity contribution is 6.06. The van der Waals surface area contributed by atoms with Gasteiger partial charge < -0.3 is 0 Å². The largest absolute Gasteiger partial charge is 0.208 e. The van der Waals surface area contributed by atoms with E-state index in [9.17, 15) is 0 Å². The topological polar surface area (TPSA) is 38.7 Å². The molecule has 246 valence electrons. The van der Waals surface area contributed by atoms with Crippen LogP contribution in [0.3, 0.4) is 0 Å². The van der Waals surface area contributed by atoms with Crippen molar-refractivity contribution < 1.29 is 0 Å². The van der Waals surface area contributed by atoms with E-state index >= 15 is 0 Å². The van der Waals surface area contributed by atoms with Gasteiger partial charge in [0, 0.05) is 16.7 Å². The second-order valence-corrected chi connectivity index (χ2v) is 13.9. The molecule has 1 unspecified atom stereocenters. The first kappa shape index (κ1) is 29.7. The van der Waals surface area contributed by atoms with Crippen LogP contribution >= 0.6 is 0 Å². The van der Waals surface area contributed by atoms with Crippen molar-refractivity contribution in [2.75, 3.05) is 0 Å². The quantitative estimate of drug-likeness (QED) is 0.187. The Balaban J connectivity index is 1.24. The molecule has 3 heteroatoms. The van der Waals surface area contributed by atoms with Gasteiger partial charge >= 0.3 is 0 Å². The zero-order chi connectivity index (χ0) is 34.9. The zero-order valence-electron chi connectivity index (χ0n) is 28.7. The molecule has 1 heterocycles. The van der Waals surface area contributed by atoms with Crippen molar-refractivity contribution in [3.8, 4) is 67.5 Å². The summed E-state index contributed by atoms with van der Waals surface area (Å²) in [6.07, 6.45) is 0. The first-order valence-electron chi connectivity index (χ1n) is 18.1. The predicted molar refractivity (Wildman–Crippen MR) is 215 cm³/mol. The van der Waals surface area contributed by atoms with E-state index in [1.807, 2.05) is 36.4 Å². The van der Waals surface area contributed by atoms with Crippen LogP contribution in [0.15, 0.2) is 188 Å². The molecule has 1 spiro atoms. The average molecular weight is 674 g/mol. The fourth-order valence-electron chi connectivity index (χ4n) is 8.94. The molecule has 2 aliphatic carbocycles. The summed E-state index contributed by atoms with van der Waals surface area (Å²) in [5.41, 5.74) is 14.9. The Morgan fingerprint density at radius 2 is 0.774 bits per heavy atom. The first-order chi connectivity index (χ1) is 26.3. The van der Waals surface area contributed by atoms with E-state index in [1.54, 1.807) is 0 Å². The minimum absolute atomic E-state index is 0.567. The van der Waals surface area contributed by atoms with Crippen molar-refractivity contribution >= 4 is 10.8 Å². The summed E-state index contributed by atoms with van der Waals surface area (Å²) in [5.74, 6) is 1.95. The van der Waals surface area contributed by atoms with Crippen molar-refractivity contribution in [3.63, 3.8) is 0 Å². The number of hydrogen-bond donors (Lipinski definition) is 0. The Morgan fingerprint density at radius 3 is 1.45 bits per heavy atom. The van der Waals surface area contributed by atoms with Crippen LogP contribution in [-0.2, 0) is 5.41 Å². The lowest BCUT2D eigenvalue weighted by Gasteiger charge is -2.35. The van der Waals surface area contributed by atoms with Gasteiger partial charge in [-0.25, -0.2) is 15.0 Å². The number of nitrogens with zero attached hydrogens (tertiary/aromatic N) is 3. The van der Waals surface area contributed by atoms with Crippen LogP contribution in [0.25, 0.3) is 78.3 Å². The van der Waals surface area contributed by atoms with Crippen LogP contribution in [0.5, 0.6) is 0 Å². The molecule has 1 atom stereocenters. The number of aromatic nitrogens is 3. The van der Waals surface area contributed by atoms with E-state index in [0.29, 0.717) is 17.5 Å². The lowest BCUT2D eigenvalue weighted by Crippen LogP contribution is -2.29. The summed E-state index contributed by atoms with van der Waals surface area (Å²) in [6, 6.07) is 67.7. The van der Waals surface area contributed by atoms with Gasteiger partial charge in [-0.2, -0.15) is 0 Å². The van der Waals surface area contributed by atoms with Crippen LogP contribution in [0.2, 0.25) is 0 Å². The van der Waals surface area contributed by atoms with Crippen LogP contribution in [0.1, 0.15) is 22.3 Å². The maximum Gasteiger partial charge on any atom is 0.164 e. The summed E-state index contributed by atoms with van der Waals surface area (Å²) < 4.78 is 0. The number of hydrogen-bond acceptors (Lipinski definition) is 3. The Hall–Kier alpha value is -6.97. The molecule has 0 radical (unpaired) electrons. The van der Waals surface area contributed by atoms with E-state index in [-0.39, 0.29) is 0 Å². The summed E-state index contributed by atoms with van der Waals surface area (Å²) in [7, 11) is 0. The molecular formula is C50H31N3. The summed E-state index contributed by atoms with van der Waals surface area (Å²) in [4.78, 5) is 15.3. The Kier molecular flexibility index (Phi) is 6.47. The third-order valence-electron chi connectivity index (χ3n) is 11.2. The molecule has 2 aliphatic rings. The molecule has 9 aromatic rings. The zero-order valence-corrected chi connectivity index (χ0v) is 28.7. The maximum atomic E-state index is 5.14. The van der Waals surface area contributed by atoms with Crippen LogP contribution in [-0.4, -0.2) is 15.0 Å². The molecule has 0 bridgehead atoms. The highest BCUT2D eigenvalue weighted by Crippen LogP contribution is 2.62. The molecule has 8 aromatic carbocycles. The summed E-state index contributed by atoms with van der Waals surface area (Å²) in [5, 5.41) is 2.52. The molecule has 11 rings (SSSR count). The van der Waals surface area contributed by atoms with Crippen molar-refractivity contribution in [2.24, 2.45) is 0 Å². The minimum Gasteiger partial charge on any atom is -0.208 e. The standard InChI is InChI=1S/C50H31N3/c1-3-16-33(17-4-1)47-51-48(34-18-5-2-6-19-34)53-49(52-47)35-28-29-44-41(31-35)38-22-10-9-21-37(38)39-23-11-13-25-42(39)50(44)43-26-14-12-24-40(43)46-36-20-8-7-15-32(36)27-30-45(46)50/h1-31H. The molecule has 0 saturated heterocycles. The molecule has 0 fully saturated rings. The number of fused-ring (bicyclic) bond motifs is 14. The molecule has 0 amide bonds. The van der Waals surface area contributed by atoms with Crippen LogP contribution in [0.4, 0.5) is 0 Å². The lowest BCUT2D eigenvalue weighted by atomic mass is 9.65. The highest BCUT2D eigenvalue weighted by atomic mass is 15.0. The Bertz CT molecular complexity index is 2840. The van der Waals surface area contributed by atoms with E-state index in [4.69, 9.17) is 15.0 Å². The van der Waals surface area contributed by atoms with Crippen molar-refractivity contribution in [1.29, 1.82) is 0 Å². The van der Waals surface area contributed by atoms with Gasteiger partial charge in [0.2, 0.25) is 0 Å². The third kappa shape index (κ3) is 4.31. The molecule has 3 nitrogen and oxygen atoms in total. The summed E-state index contributed by atoms with van der Waals surface area (Å²) >= 11 is 0. The van der Waals surface area contributed by atoms with Gasteiger partial charge in [0.25, 0.3) is 0 Å². The number of rotatable bonds is 3. The SMILES string of the molecule is c1ccc(-c2nc(-c3ccccc3)nc(-c3ccc4c(c3)-c3ccccc3-c3ccccc3C43c4ccccc4-c4c3ccc3ccccc43)n2)cc1. The predicted octanol–water partition coefficient (Wildman–Crippen LogP) is 12.0. The number of benzene rings is 8. The second-order valence-electron chi connectivity index (χ2n) is 13.9. The van der Waals surface area contributed by atoms with E-state index in [0.717, 1.165) is 16.7 Å². The van der Waals surface area contributed by atoms with Gasteiger partial charge in [0.15, 0.2) is 17.5 Å². The Morgan fingerprint density at radius 1 is 0.302 bits per heavy atom. The van der Waals surface area contributed by atoms with E-state index < -0.39 is 5.41 Å².